The average Bonchev–Trinajstić information content (AvgIpc) is 2.34. The number of thioether (sulfide) groups is 1. The van der Waals surface area contributed by atoms with Gasteiger partial charge in [-0.25, -0.2) is 14.6 Å². The summed E-state index contributed by atoms with van der Waals surface area (Å²) in [6.45, 7) is -0.210. The van der Waals surface area contributed by atoms with E-state index in [2.05, 4.69) is 15.6 Å². The lowest BCUT2D eigenvalue weighted by Crippen LogP contribution is -2.31. The van der Waals surface area contributed by atoms with Crippen molar-refractivity contribution in [3.8, 4) is 0 Å². The summed E-state index contributed by atoms with van der Waals surface area (Å²) in [6, 6.07) is 1.94. The Hall–Kier alpha value is -1.97. The van der Waals surface area contributed by atoms with Gasteiger partial charge in [0.15, 0.2) is 5.69 Å². The molecule has 1 rings (SSSR count). The van der Waals surface area contributed by atoms with Crippen LogP contribution in [-0.2, 0) is 0 Å². The first-order valence-corrected chi connectivity index (χ1v) is 6.22. The van der Waals surface area contributed by atoms with Crippen LogP contribution < -0.4 is 10.6 Å². The average molecular weight is 309 g/mol. The van der Waals surface area contributed by atoms with E-state index in [1.54, 1.807) is 0 Å². The summed E-state index contributed by atoms with van der Waals surface area (Å²) in [6.07, 6.45) is 1.24. The van der Waals surface area contributed by atoms with Gasteiger partial charge in [-0.05, 0) is 23.9 Å². The van der Waals surface area contributed by atoms with Crippen LogP contribution in [0.15, 0.2) is 18.3 Å². The summed E-state index contributed by atoms with van der Waals surface area (Å²) in [5.41, 5.74) is -4.74. The molecule has 10 heteroatoms. The van der Waals surface area contributed by atoms with E-state index in [0.29, 0.717) is 0 Å². The number of nitrogens with one attached hydrogen (secondary N) is 2. The number of rotatable bonds is 5. The smallest absolute Gasteiger partial charge is 0.441 e. The molecule has 0 atom stereocenters. The van der Waals surface area contributed by atoms with Gasteiger partial charge in [0.1, 0.15) is 0 Å². The lowest BCUT2D eigenvalue weighted by molar-refractivity contribution is -0.0327. The van der Waals surface area contributed by atoms with Gasteiger partial charge in [-0.15, -0.1) is 0 Å². The number of pyridine rings is 1. The Kier molecular flexibility index (Phi) is 5.62. The highest BCUT2D eigenvalue weighted by atomic mass is 32.2. The number of halogens is 3. The van der Waals surface area contributed by atoms with Gasteiger partial charge in [-0.3, -0.25) is 0 Å². The van der Waals surface area contributed by atoms with Gasteiger partial charge in [0, 0.05) is 18.5 Å². The summed E-state index contributed by atoms with van der Waals surface area (Å²) >= 11 is -0.259. The molecule has 0 aliphatic heterocycles. The van der Waals surface area contributed by atoms with E-state index >= 15 is 0 Å². The Morgan fingerprint density at radius 1 is 1.40 bits per heavy atom. The fraction of sp³-hybridized carbons (Fsp3) is 0.300. The van der Waals surface area contributed by atoms with Crippen LogP contribution in [0.3, 0.4) is 0 Å². The molecule has 0 spiro atoms. The van der Waals surface area contributed by atoms with Crippen LogP contribution in [0.4, 0.5) is 23.7 Å². The third-order valence-electron chi connectivity index (χ3n) is 1.91. The van der Waals surface area contributed by atoms with Crippen molar-refractivity contribution in [3.05, 3.63) is 24.0 Å². The van der Waals surface area contributed by atoms with Crippen LogP contribution in [0.1, 0.15) is 10.5 Å². The number of carboxylic acid groups (broad SMARTS) is 1. The van der Waals surface area contributed by atoms with E-state index in [9.17, 15) is 22.8 Å². The summed E-state index contributed by atoms with van der Waals surface area (Å²) in [4.78, 5) is 25.8. The fourth-order valence-electron chi connectivity index (χ4n) is 1.17. The molecule has 0 aliphatic rings. The van der Waals surface area contributed by atoms with Gasteiger partial charge in [0.2, 0.25) is 0 Å². The Balaban J connectivity index is 2.45. The lowest BCUT2D eigenvalue weighted by atomic mass is 10.3. The zero-order valence-corrected chi connectivity index (χ0v) is 10.7. The number of hydrogen-bond donors (Lipinski definition) is 3. The molecule has 3 N–H and O–H groups in total. The molecule has 1 heterocycles. The number of aromatic nitrogens is 1. The Morgan fingerprint density at radius 3 is 2.70 bits per heavy atom. The fourth-order valence-corrected chi connectivity index (χ4v) is 1.61. The Morgan fingerprint density at radius 2 is 2.10 bits per heavy atom. The minimum atomic E-state index is -4.35. The Labute approximate surface area is 115 Å². The van der Waals surface area contributed by atoms with Crippen molar-refractivity contribution in [2.45, 2.75) is 5.51 Å². The van der Waals surface area contributed by atoms with Crippen molar-refractivity contribution in [3.63, 3.8) is 0 Å². The molecule has 0 radical (unpaired) electrons. The molecular formula is C10H10F3N3O3S. The van der Waals surface area contributed by atoms with E-state index in [4.69, 9.17) is 5.11 Å². The molecule has 110 valence electrons. The normalized spacial score (nSPS) is 10.9. The maximum absolute atomic E-state index is 11.8. The van der Waals surface area contributed by atoms with Crippen LogP contribution >= 0.6 is 11.8 Å². The first-order valence-electron chi connectivity index (χ1n) is 5.23. The van der Waals surface area contributed by atoms with E-state index in [0.717, 1.165) is 0 Å². The molecule has 0 saturated carbocycles. The molecule has 6 nitrogen and oxygen atoms in total. The minimum absolute atomic E-state index is 0.0408. The number of anilines is 1. The van der Waals surface area contributed by atoms with E-state index in [1.165, 1.54) is 18.3 Å². The van der Waals surface area contributed by atoms with Gasteiger partial charge in [0.05, 0.1) is 5.69 Å². The number of nitrogens with zero attached hydrogens (tertiary/aromatic N) is 1. The maximum Gasteiger partial charge on any atom is 0.441 e. The molecule has 1 aromatic rings. The first-order chi connectivity index (χ1) is 9.29. The summed E-state index contributed by atoms with van der Waals surface area (Å²) in [5, 5.41) is 13.2. The second-order valence-corrected chi connectivity index (χ2v) is 4.54. The topological polar surface area (TPSA) is 91.3 Å². The second-order valence-electron chi connectivity index (χ2n) is 3.38. The molecule has 0 fully saturated rings. The van der Waals surface area contributed by atoms with Gasteiger partial charge >= 0.3 is 17.5 Å². The molecule has 0 bridgehead atoms. The highest BCUT2D eigenvalue weighted by Gasteiger charge is 2.27. The quantitative estimate of drug-likeness (QED) is 0.725. The van der Waals surface area contributed by atoms with Crippen LogP contribution in [-0.4, -0.2) is 39.9 Å². The van der Waals surface area contributed by atoms with Crippen LogP contribution in [0, 0.1) is 0 Å². The standard InChI is InChI=1S/C10H10F3N3O3S/c11-10(12,13)20-5-4-15-9(19)16-6-2-1-3-14-7(6)8(17)18/h1-3H,4-5H2,(H,17,18)(H2,15,16,19). The van der Waals surface area contributed by atoms with Crippen molar-refractivity contribution in [1.82, 2.24) is 10.3 Å². The predicted molar refractivity (Wildman–Crippen MR) is 66.7 cm³/mol. The molecule has 1 aromatic heterocycles. The number of carbonyl (C=O) groups is 2. The minimum Gasteiger partial charge on any atom is -0.476 e. The van der Waals surface area contributed by atoms with Crippen molar-refractivity contribution in [2.24, 2.45) is 0 Å². The zero-order valence-electron chi connectivity index (χ0n) is 9.90. The molecule has 0 unspecified atom stereocenters. The van der Waals surface area contributed by atoms with E-state index < -0.39 is 17.5 Å². The monoisotopic (exact) mass is 309 g/mol. The van der Waals surface area contributed by atoms with Crippen molar-refractivity contribution in [1.29, 1.82) is 0 Å². The molecule has 0 aromatic carbocycles. The largest absolute Gasteiger partial charge is 0.476 e. The summed E-state index contributed by atoms with van der Waals surface area (Å²) in [7, 11) is 0. The molecule has 0 aliphatic carbocycles. The van der Waals surface area contributed by atoms with E-state index in [-0.39, 0.29) is 35.4 Å². The number of alkyl halides is 3. The van der Waals surface area contributed by atoms with Crippen molar-refractivity contribution >= 4 is 29.4 Å². The lowest BCUT2D eigenvalue weighted by Gasteiger charge is -2.09. The zero-order chi connectivity index (χ0) is 15.2. The summed E-state index contributed by atoms with van der Waals surface area (Å²) in [5.74, 6) is -1.66. The van der Waals surface area contributed by atoms with Gasteiger partial charge < -0.3 is 15.7 Å². The van der Waals surface area contributed by atoms with Crippen LogP contribution in [0.5, 0.6) is 0 Å². The number of carbonyl (C=O) groups excluding carboxylic acids is 1. The van der Waals surface area contributed by atoms with Crippen molar-refractivity contribution in [2.75, 3.05) is 17.6 Å². The highest BCUT2D eigenvalue weighted by molar-refractivity contribution is 8.00. The third-order valence-corrected chi connectivity index (χ3v) is 2.65. The molecule has 0 saturated heterocycles. The molecular weight excluding hydrogens is 299 g/mol. The number of carboxylic acids is 1. The van der Waals surface area contributed by atoms with E-state index in [1.807, 2.05) is 0 Å². The number of hydrogen-bond acceptors (Lipinski definition) is 4. The third kappa shape index (κ3) is 5.78. The number of amides is 2. The first kappa shape index (κ1) is 16.1. The predicted octanol–water partition coefficient (Wildman–Crippen LogP) is 2.15. The highest BCUT2D eigenvalue weighted by Crippen LogP contribution is 2.29. The van der Waals surface area contributed by atoms with Crippen LogP contribution in [0.25, 0.3) is 0 Å². The maximum atomic E-state index is 11.8. The van der Waals surface area contributed by atoms with Gasteiger partial charge in [-0.1, -0.05) is 0 Å². The molecule has 20 heavy (non-hydrogen) atoms. The Bertz CT molecular complexity index is 496. The SMILES string of the molecule is O=C(NCCSC(F)(F)F)Nc1cccnc1C(=O)O. The number of aromatic carboxylic acids is 1. The molecule has 2 amide bonds. The van der Waals surface area contributed by atoms with Gasteiger partial charge in [-0.2, -0.15) is 13.2 Å². The van der Waals surface area contributed by atoms with Crippen LogP contribution in [0.2, 0.25) is 0 Å². The summed E-state index contributed by atoms with van der Waals surface area (Å²) < 4.78 is 35.5. The van der Waals surface area contributed by atoms with Gasteiger partial charge in [0.25, 0.3) is 0 Å². The second kappa shape index (κ2) is 6.98. The number of urea groups is 1. The van der Waals surface area contributed by atoms with Crippen molar-refractivity contribution < 1.29 is 27.9 Å².